The molecule has 2 aromatic rings. The summed E-state index contributed by atoms with van der Waals surface area (Å²) in [5.41, 5.74) is 3.32. The molecule has 0 bridgehead atoms. The summed E-state index contributed by atoms with van der Waals surface area (Å²) in [5.74, 6) is 0. The van der Waals surface area contributed by atoms with Crippen molar-refractivity contribution in [1.82, 2.24) is 0 Å². The number of rotatable bonds is 2. The highest BCUT2D eigenvalue weighted by Gasteiger charge is 2.07. The van der Waals surface area contributed by atoms with Crippen LogP contribution in [0.4, 0.5) is 0 Å². The monoisotopic (exact) mass is 271 g/mol. The summed E-state index contributed by atoms with van der Waals surface area (Å²) in [6.45, 7) is 0. The fourth-order valence-corrected chi connectivity index (χ4v) is 2.21. The summed E-state index contributed by atoms with van der Waals surface area (Å²) in [7, 11) is 0. The first-order valence-corrected chi connectivity index (χ1v) is 5.82. The van der Waals surface area contributed by atoms with Gasteiger partial charge < -0.3 is 0 Å². The van der Waals surface area contributed by atoms with E-state index in [-0.39, 0.29) is 0 Å². The minimum absolute atomic E-state index is 0.422. The first-order chi connectivity index (χ1) is 7.83. The lowest BCUT2D eigenvalue weighted by Gasteiger charge is -2.08. The van der Waals surface area contributed by atoms with Crippen LogP contribution in [0.15, 0.2) is 53.0 Å². The average molecular weight is 272 g/mol. The Morgan fingerprint density at radius 3 is 2.44 bits per heavy atom. The highest BCUT2D eigenvalue weighted by Crippen LogP contribution is 2.29. The molecule has 2 heteroatoms. The molecule has 2 aromatic carbocycles. The summed E-state index contributed by atoms with van der Waals surface area (Å²) in [6, 6.07) is 18.3. The van der Waals surface area contributed by atoms with Gasteiger partial charge >= 0.3 is 0 Å². The molecule has 0 aromatic heterocycles. The molecule has 1 nitrogen and oxygen atoms in total. The topological polar surface area (TPSA) is 23.8 Å². The van der Waals surface area contributed by atoms with Crippen molar-refractivity contribution in [2.24, 2.45) is 0 Å². The van der Waals surface area contributed by atoms with Crippen molar-refractivity contribution in [2.45, 2.75) is 6.42 Å². The Morgan fingerprint density at radius 1 is 1.00 bits per heavy atom. The van der Waals surface area contributed by atoms with E-state index >= 15 is 0 Å². The van der Waals surface area contributed by atoms with Gasteiger partial charge in [0.25, 0.3) is 0 Å². The maximum atomic E-state index is 8.84. The van der Waals surface area contributed by atoms with E-state index in [9.17, 15) is 0 Å². The zero-order chi connectivity index (χ0) is 11.4. The van der Waals surface area contributed by atoms with Gasteiger partial charge in [0.1, 0.15) is 0 Å². The number of hydrogen-bond donors (Lipinski definition) is 0. The van der Waals surface area contributed by atoms with Crippen molar-refractivity contribution in [1.29, 1.82) is 5.26 Å². The van der Waals surface area contributed by atoms with E-state index < -0.39 is 0 Å². The quantitative estimate of drug-likeness (QED) is 0.804. The van der Waals surface area contributed by atoms with Crippen molar-refractivity contribution in [3.8, 4) is 17.2 Å². The third-order valence-corrected chi connectivity index (χ3v) is 3.20. The molecule has 0 unspecified atom stereocenters. The first kappa shape index (κ1) is 10.9. The van der Waals surface area contributed by atoms with E-state index in [4.69, 9.17) is 5.26 Å². The van der Waals surface area contributed by atoms with Crippen molar-refractivity contribution in [2.75, 3.05) is 0 Å². The van der Waals surface area contributed by atoms with Gasteiger partial charge in [-0.1, -0.05) is 58.4 Å². The van der Waals surface area contributed by atoms with Crippen molar-refractivity contribution < 1.29 is 0 Å². The van der Waals surface area contributed by atoms with Crippen LogP contribution in [0.25, 0.3) is 11.1 Å². The van der Waals surface area contributed by atoms with Crippen molar-refractivity contribution in [3.63, 3.8) is 0 Å². The van der Waals surface area contributed by atoms with E-state index in [1.165, 1.54) is 0 Å². The lowest BCUT2D eigenvalue weighted by molar-refractivity contribution is 1.25. The SMILES string of the molecule is N#CCc1c(Br)cccc1-c1ccccc1. The molecule has 0 atom stereocenters. The van der Waals surface area contributed by atoms with Crippen LogP contribution in [0, 0.1) is 11.3 Å². The van der Waals surface area contributed by atoms with Gasteiger partial charge in [-0.05, 0) is 22.8 Å². The lowest BCUT2D eigenvalue weighted by Crippen LogP contribution is -1.89. The molecule has 16 heavy (non-hydrogen) atoms. The van der Waals surface area contributed by atoms with Crippen LogP contribution in [0.3, 0.4) is 0 Å². The van der Waals surface area contributed by atoms with Crippen LogP contribution in [0.1, 0.15) is 5.56 Å². The fourth-order valence-electron chi connectivity index (χ4n) is 1.71. The number of nitriles is 1. The molecule has 0 heterocycles. The molecule has 2 rings (SSSR count). The molecular formula is C14H10BrN. The van der Waals surface area contributed by atoms with Gasteiger partial charge in [0, 0.05) is 4.47 Å². The Labute approximate surface area is 103 Å². The Kier molecular flexibility index (Phi) is 3.38. The Morgan fingerprint density at radius 2 is 1.75 bits per heavy atom. The molecule has 0 fully saturated rings. The van der Waals surface area contributed by atoms with Gasteiger partial charge in [0.15, 0.2) is 0 Å². The molecule has 78 valence electrons. The summed E-state index contributed by atoms with van der Waals surface area (Å²) in [6.07, 6.45) is 0.422. The molecule has 0 aliphatic carbocycles. The number of nitrogens with zero attached hydrogens (tertiary/aromatic N) is 1. The van der Waals surface area contributed by atoms with Crippen molar-refractivity contribution in [3.05, 3.63) is 58.6 Å². The standard InChI is InChI=1S/C14H10BrN/c15-14-8-4-7-12(13(14)9-10-16)11-5-2-1-3-6-11/h1-8H,9H2. The van der Waals surface area contributed by atoms with Crippen molar-refractivity contribution >= 4 is 15.9 Å². The summed E-state index contributed by atoms with van der Waals surface area (Å²) < 4.78 is 0.996. The molecule has 0 saturated heterocycles. The van der Waals surface area contributed by atoms with E-state index in [0.717, 1.165) is 21.2 Å². The second-order valence-electron chi connectivity index (χ2n) is 3.47. The maximum absolute atomic E-state index is 8.84. The molecule has 0 radical (unpaired) electrons. The highest BCUT2D eigenvalue weighted by molar-refractivity contribution is 9.10. The first-order valence-electron chi connectivity index (χ1n) is 5.02. The van der Waals surface area contributed by atoms with E-state index in [1.54, 1.807) is 0 Å². The number of hydrogen-bond acceptors (Lipinski definition) is 1. The van der Waals surface area contributed by atoms with Crippen LogP contribution in [-0.4, -0.2) is 0 Å². The zero-order valence-electron chi connectivity index (χ0n) is 8.65. The van der Waals surface area contributed by atoms with Gasteiger partial charge in [-0.2, -0.15) is 5.26 Å². The second-order valence-corrected chi connectivity index (χ2v) is 4.32. The highest BCUT2D eigenvalue weighted by atomic mass is 79.9. The molecular weight excluding hydrogens is 262 g/mol. The molecule has 0 N–H and O–H groups in total. The average Bonchev–Trinajstić information content (AvgIpc) is 2.33. The Balaban J connectivity index is 2.57. The van der Waals surface area contributed by atoms with Gasteiger partial charge in [-0.3, -0.25) is 0 Å². The van der Waals surface area contributed by atoms with Gasteiger partial charge in [0.2, 0.25) is 0 Å². The van der Waals surface area contributed by atoms with Crippen LogP contribution in [0.5, 0.6) is 0 Å². The van der Waals surface area contributed by atoms with Crippen LogP contribution < -0.4 is 0 Å². The number of benzene rings is 2. The second kappa shape index (κ2) is 4.96. The van der Waals surface area contributed by atoms with Gasteiger partial charge in [-0.15, -0.1) is 0 Å². The maximum Gasteiger partial charge on any atom is 0.0670 e. The Bertz CT molecular complexity index is 526. The molecule has 0 aliphatic rings. The van der Waals surface area contributed by atoms with E-state index in [0.29, 0.717) is 6.42 Å². The predicted molar refractivity (Wildman–Crippen MR) is 68.9 cm³/mol. The van der Waals surface area contributed by atoms with Crippen LogP contribution in [0.2, 0.25) is 0 Å². The largest absolute Gasteiger partial charge is 0.198 e. The fraction of sp³-hybridized carbons (Fsp3) is 0.0714. The molecule has 0 amide bonds. The zero-order valence-corrected chi connectivity index (χ0v) is 10.2. The van der Waals surface area contributed by atoms with Crippen LogP contribution in [-0.2, 0) is 6.42 Å². The normalized spacial score (nSPS) is 9.75. The van der Waals surface area contributed by atoms with Gasteiger partial charge in [-0.25, -0.2) is 0 Å². The molecule has 0 aliphatic heterocycles. The summed E-state index contributed by atoms with van der Waals surface area (Å²) in [4.78, 5) is 0. The predicted octanol–water partition coefficient (Wildman–Crippen LogP) is 4.18. The van der Waals surface area contributed by atoms with Crippen LogP contribution >= 0.6 is 15.9 Å². The minimum atomic E-state index is 0.422. The summed E-state index contributed by atoms with van der Waals surface area (Å²) >= 11 is 3.49. The summed E-state index contributed by atoms with van der Waals surface area (Å²) in [5, 5.41) is 8.84. The lowest BCUT2D eigenvalue weighted by atomic mass is 9.98. The molecule has 0 spiro atoms. The van der Waals surface area contributed by atoms with E-state index in [1.807, 2.05) is 36.4 Å². The smallest absolute Gasteiger partial charge is 0.0670 e. The third kappa shape index (κ3) is 2.15. The Hall–Kier alpha value is -1.59. The minimum Gasteiger partial charge on any atom is -0.198 e. The molecule has 0 saturated carbocycles. The van der Waals surface area contributed by atoms with E-state index in [2.05, 4.69) is 34.1 Å². The third-order valence-electron chi connectivity index (χ3n) is 2.46. The number of halogens is 1. The van der Waals surface area contributed by atoms with Gasteiger partial charge in [0.05, 0.1) is 12.5 Å².